The molecule has 3 heterocycles. The second-order valence-corrected chi connectivity index (χ2v) is 8.41. The van der Waals surface area contributed by atoms with Crippen molar-refractivity contribution >= 4 is 23.1 Å². The summed E-state index contributed by atoms with van der Waals surface area (Å²) in [7, 11) is 4.10. The Hall–Kier alpha value is -2.84. The van der Waals surface area contributed by atoms with Crippen LogP contribution in [-0.2, 0) is 11.3 Å². The van der Waals surface area contributed by atoms with Crippen LogP contribution in [0.2, 0.25) is 0 Å². The monoisotopic (exact) mass is 424 g/mol. The van der Waals surface area contributed by atoms with E-state index in [1.165, 1.54) is 5.56 Å². The lowest BCUT2D eigenvalue weighted by atomic mass is 10.1. The first-order valence-corrected chi connectivity index (χ1v) is 10.9. The fourth-order valence-electron chi connectivity index (χ4n) is 4.12. The van der Waals surface area contributed by atoms with Crippen molar-refractivity contribution in [1.82, 2.24) is 14.8 Å². The number of ether oxygens (including phenoxy) is 1. The summed E-state index contributed by atoms with van der Waals surface area (Å²) >= 11 is 0. The molecular formula is C23H32N6O2. The first-order chi connectivity index (χ1) is 15.0. The molecule has 2 saturated heterocycles. The molecule has 0 spiro atoms. The van der Waals surface area contributed by atoms with Crippen molar-refractivity contribution < 1.29 is 9.53 Å². The van der Waals surface area contributed by atoms with Crippen LogP contribution in [0.5, 0.6) is 0 Å². The Morgan fingerprint density at radius 1 is 1.03 bits per heavy atom. The molecule has 2 N–H and O–H groups in total. The molecule has 4 rings (SSSR count). The molecule has 2 fully saturated rings. The summed E-state index contributed by atoms with van der Waals surface area (Å²) in [5, 5.41) is 0. The molecule has 2 aliphatic heterocycles. The quantitative estimate of drug-likeness (QED) is 0.729. The highest BCUT2D eigenvalue weighted by molar-refractivity contribution is 6.00. The van der Waals surface area contributed by atoms with Crippen molar-refractivity contribution in [2.24, 2.45) is 0 Å². The summed E-state index contributed by atoms with van der Waals surface area (Å²) in [5.74, 6) is 0.963. The van der Waals surface area contributed by atoms with Gasteiger partial charge in [-0.2, -0.15) is 0 Å². The van der Waals surface area contributed by atoms with E-state index in [0.29, 0.717) is 37.6 Å². The van der Waals surface area contributed by atoms with E-state index in [0.717, 1.165) is 44.2 Å². The van der Waals surface area contributed by atoms with Gasteiger partial charge in [0.15, 0.2) is 0 Å². The fourth-order valence-corrected chi connectivity index (χ4v) is 4.12. The zero-order valence-corrected chi connectivity index (χ0v) is 18.5. The van der Waals surface area contributed by atoms with E-state index in [1.54, 1.807) is 0 Å². The number of pyridine rings is 1. The van der Waals surface area contributed by atoms with Gasteiger partial charge in [-0.25, -0.2) is 4.98 Å². The highest BCUT2D eigenvalue weighted by atomic mass is 16.5. The predicted octanol–water partition coefficient (Wildman–Crippen LogP) is 1.52. The topological polar surface area (TPSA) is 78.2 Å². The molecule has 8 heteroatoms. The number of piperazine rings is 1. The van der Waals surface area contributed by atoms with Gasteiger partial charge >= 0.3 is 0 Å². The van der Waals surface area contributed by atoms with Crippen molar-refractivity contribution in [2.75, 3.05) is 82.1 Å². The Morgan fingerprint density at radius 2 is 1.77 bits per heavy atom. The number of nitrogens with zero attached hydrogens (tertiary/aromatic N) is 5. The van der Waals surface area contributed by atoms with Gasteiger partial charge < -0.3 is 30.1 Å². The van der Waals surface area contributed by atoms with E-state index in [-0.39, 0.29) is 5.91 Å². The Bertz CT molecular complexity index is 887. The van der Waals surface area contributed by atoms with Gasteiger partial charge in [-0.15, -0.1) is 0 Å². The number of aromatic nitrogens is 1. The number of nitrogen functional groups attached to an aromatic ring is 1. The summed E-state index contributed by atoms with van der Waals surface area (Å²) in [6.45, 7) is 6.78. The lowest BCUT2D eigenvalue weighted by Gasteiger charge is -2.36. The predicted molar refractivity (Wildman–Crippen MR) is 124 cm³/mol. The van der Waals surface area contributed by atoms with Crippen LogP contribution < -0.4 is 15.5 Å². The number of carbonyl (C=O) groups excluding carboxylic acids is 1. The lowest BCUT2D eigenvalue weighted by Crippen LogP contribution is -2.49. The van der Waals surface area contributed by atoms with E-state index in [1.807, 2.05) is 43.4 Å². The molecule has 1 aromatic carbocycles. The van der Waals surface area contributed by atoms with Crippen LogP contribution in [0.25, 0.3) is 0 Å². The Labute approximate surface area is 184 Å². The largest absolute Gasteiger partial charge is 0.398 e. The zero-order valence-electron chi connectivity index (χ0n) is 18.5. The molecular weight excluding hydrogens is 392 g/mol. The maximum absolute atomic E-state index is 13.2. The van der Waals surface area contributed by atoms with E-state index in [4.69, 9.17) is 10.5 Å². The third-order valence-corrected chi connectivity index (χ3v) is 5.84. The van der Waals surface area contributed by atoms with Gasteiger partial charge in [0.05, 0.1) is 18.8 Å². The number of carbonyl (C=O) groups is 1. The minimum Gasteiger partial charge on any atom is -0.398 e. The number of hydrogen-bond donors (Lipinski definition) is 1. The van der Waals surface area contributed by atoms with Gasteiger partial charge in [0.25, 0.3) is 5.91 Å². The fraction of sp³-hybridized carbons (Fsp3) is 0.478. The van der Waals surface area contributed by atoms with Gasteiger partial charge in [0.2, 0.25) is 0 Å². The Kier molecular flexibility index (Phi) is 6.58. The van der Waals surface area contributed by atoms with Crippen molar-refractivity contribution in [3.63, 3.8) is 0 Å². The molecule has 0 unspecified atom stereocenters. The van der Waals surface area contributed by atoms with Crippen LogP contribution in [-0.4, -0.2) is 87.3 Å². The number of hydrogen-bond acceptors (Lipinski definition) is 7. The highest BCUT2D eigenvalue weighted by Crippen LogP contribution is 2.24. The van der Waals surface area contributed by atoms with Crippen molar-refractivity contribution in [3.05, 3.63) is 47.7 Å². The first kappa shape index (κ1) is 21.4. The summed E-state index contributed by atoms with van der Waals surface area (Å²) in [5.41, 5.74) is 9.52. The minimum atomic E-state index is 0.00143. The second kappa shape index (κ2) is 9.53. The number of amides is 1. The van der Waals surface area contributed by atoms with Crippen LogP contribution in [0.1, 0.15) is 15.9 Å². The number of benzene rings is 1. The third kappa shape index (κ3) is 5.08. The molecule has 166 valence electrons. The molecule has 0 bridgehead atoms. The first-order valence-electron chi connectivity index (χ1n) is 10.9. The normalized spacial score (nSPS) is 17.3. The van der Waals surface area contributed by atoms with Crippen LogP contribution in [0, 0.1) is 0 Å². The van der Waals surface area contributed by atoms with Crippen molar-refractivity contribution in [3.8, 4) is 0 Å². The standard InChI is InChI=1S/C23H32N6O2/c1-26(2)17-18-3-6-22(25-16-18)28-7-9-29(10-8-28)23(30)20-15-19(4-5-21(20)24)27-11-13-31-14-12-27/h3-6,15-16H,7-14,17,24H2,1-2H3. The number of morpholine rings is 1. The SMILES string of the molecule is CN(C)Cc1ccc(N2CCN(C(=O)c3cc(N4CCOCC4)ccc3N)CC2)nc1. The highest BCUT2D eigenvalue weighted by Gasteiger charge is 2.25. The Balaban J connectivity index is 1.39. The molecule has 1 amide bonds. The molecule has 2 aliphatic rings. The summed E-state index contributed by atoms with van der Waals surface area (Å²) in [6.07, 6.45) is 1.94. The molecule has 0 atom stereocenters. The van der Waals surface area contributed by atoms with Crippen LogP contribution >= 0.6 is 0 Å². The molecule has 2 aromatic rings. The molecule has 1 aromatic heterocycles. The maximum atomic E-state index is 13.2. The number of anilines is 3. The minimum absolute atomic E-state index is 0.00143. The number of nitrogens with two attached hydrogens (primary N) is 1. The molecule has 8 nitrogen and oxygen atoms in total. The zero-order chi connectivity index (χ0) is 21.8. The van der Waals surface area contributed by atoms with Crippen LogP contribution in [0.3, 0.4) is 0 Å². The smallest absolute Gasteiger partial charge is 0.256 e. The van der Waals surface area contributed by atoms with Crippen LogP contribution in [0.15, 0.2) is 36.5 Å². The van der Waals surface area contributed by atoms with Gasteiger partial charge in [-0.1, -0.05) is 6.07 Å². The van der Waals surface area contributed by atoms with E-state index >= 15 is 0 Å². The number of rotatable bonds is 5. The van der Waals surface area contributed by atoms with Crippen molar-refractivity contribution in [1.29, 1.82) is 0 Å². The third-order valence-electron chi connectivity index (χ3n) is 5.84. The molecule has 0 aliphatic carbocycles. The van der Waals surface area contributed by atoms with Gasteiger partial charge in [0.1, 0.15) is 5.82 Å². The van der Waals surface area contributed by atoms with Crippen LogP contribution in [0.4, 0.5) is 17.2 Å². The van der Waals surface area contributed by atoms with Crippen molar-refractivity contribution in [2.45, 2.75) is 6.54 Å². The summed E-state index contributed by atoms with van der Waals surface area (Å²) in [6, 6.07) is 9.95. The van der Waals surface area contributed by atoms with E-state index < -0.39 is 0 Å². The maximum Gasteiger partial charge on any atom is 0.256 e. The van der Waals surface area contributed by atoms with Gasteiger partial charge in [-0.05, 0) is 43.9 Å². The second-order valence-electron chi connectivity index (χ2n) is 8.41. The van der Waals surface area contributed by atoms with Gasteiger partial charge in [-0.3, -0.25) is 4.79 Å². The Morgan fingerprint density at radius 3 is 2.42 bits per heavy atom. The molecule has 0 radical (unpaired) electrons. The molecule has 0 saturated carbocycles. The summed E-state index contributed by atoms with van der Waals surface area (Å²) < 4.78 is 5.43. The lowest BCUT2D eigenvalue weighted by molar-refractivity contribution is 0.0747. The molecule has 31 heavy (non-hydrogen) atoms. The average Bonchev–Trinajstić information content (AvgIpc) is 2.80. The summed E-state index contributed by atoms with van der Waals surface area (Å²) in [4.78, 5) is 26.3. The van der Waals surface area contributed by atoms with Gasteiger partial charge in [0, 0.05) is 63.4 Å². The van der Waals surface area contributed by atoms with E-state index in [2.05, 4.69) is 31.8 Å². The van der Waals surface area contributed by atoms with E-state index in [9.17, 15) is 4.79 Å². The average molecular weight is 425 g/mol.